The minimum absolute atomic E-state index is 0.00736. The molecule has 0 bridgehead atoms. The Balaban J connectivity index is 1.76. The van der Waals surface area contributed by atoms with Crippen LogP contribution in [0, 0.1) is 32.4 Å². The van der Waals surface area contributed by atoms with Crippen molar-refractivity contribution in [2.24, 2.45) is 0 Å². The molecular weight excluding hydrogens is 609 g/mol. The van der Waals surface area contributed by atoms with Gasteiger partial charge in [-0.15, -0.1) is 0 Å². The third kappa shape index (κ3) is 7.66. The number of carboxylic acid groups (broad SMARTS) is 1. The van der Waals surface area contributed by atoms with Crippen molar-refractivity contribution >= 4 is 11.9 Å². The first kappa shape index (κ1) is 34.8. The van der Waals surface area contributed by atoms with Gasteiger partial charge in [0.25, 0.3) is 5.56 Å². The molecule has 1 unspecified atom stereocenters. The van der Waals surface area contributed by atoms with Crippen LogP contribution in [0.2, 0.25) is 0 Å². The number of halogens is 5. The standard InChI is InChI=1S/C34H38F5N3O4/c1-5-7-28(42-18-22(10-13-41-11-6-12-41)25(16-29(42)43)34(37,38)39)33(46)40-27(17-30(44)45)24-15-23(14-20(3)32(24)36)31-19(2)8-9-26(35)21(31)4/h8-9,14-16,18,27-28H,5-7,10-13,17H2,1-4H3,(H,40,46)(H,44,45)/t27-,28?/m0/s1. The molecule has 4 rings (SSSR count). The van der Waals surface area contributed by atoms with E-state index < -0.39 is 59.3 Å². The SMILES string of the molecule is CCCC(C(=O)N[C@@H](CC(=O)O)c1cc(-c2c(C)ccc(F)c2C)cc(C)c1F)n1cc(CCN2CCC2)c(C(F)(F)F)cc1=O. The lowest BCUT2D eigenvalue weighted by molar-refractivity contribution is -0.139. The predicted octanol–water partition coefficient (Wildman–Crippen LogP) is 6.66. The van der Waals surface area contributed by atoms with Gasteiger partial charge in [0.1, 0.15) is 17.7 Å². The Labute approximate surface area is 264 Å². The van der Waals surface area contributed by atoms with Gasteiger partial charge in [0.2, 0.25) is 5.91 Å². The highest BCUT2D eigenvalue weighted by Gasteiger charge is 2.36. The molecule has 3 aromatic rings. The second kappa shape index (κ2) is 14.1. The Morgan fingerprint density at radius 3 is 2.33 bits per heavy atom. The van der Waals surface area contributed by atoms with E-state index in [1.54, 1.807) is 26.8 Å². The molecule has 1 aliphatic rings. The van der Waals surface area contributed by atoms with Gasteiger partial charge in [-0.3, -0.25) is 14.4 Å². The fraction of sp³-hybridized carbons (Fsp3) is 0.441. The van der Waals surface area contributed by atoms with Gasteiger partial charge in [-0.2, -0.15) is 13.2 Å². The maximum atomic E-state index is 15.7. The molecule has 0 radical (unpaired) electrons. The van der Waals surface area contributed by atoms with Crippen LogP contribution in [-0.4, -0.2) is 46.1 Å². The predicted molar refractivity (Wildman–Crippen MR) is 164 cm³/mol. The van der Waals surface area contributed by atoms with E-state index in [0.29, 0.717) is 41.3 Å². The largest absolute Gasteiger partial charge is 0.481 e. The summed E-state index contributed by atoms with van der Waals surface area (Å²) in [5.74, 6) is -3.44. The second-order valence-electron chi connectivity index (χ2n) is 11.9. The normalized spacial score (nSPS) is 14.9. The lowest BCUT2D eigenvalue weighted by atomic mass is 9.90. The number of aliphatic carboxylic acids is 1. The van der Waals surface area contributed by atoms with Gasteiger partial charge in [-0.25, -0.2) is 8.78 Å². The third-order valence-electron chi connectivity index (χ3n) is 8.56. The number of nitrogens with one attached hydrogen (secondary N) is 1. The number of nitrogens with zero attached hydrogens (tertiary/aromatic N) is 2. The van der Waals surface area contributed by atoms with E-state index in [2.05, 4.69) is 5.32 Å². The molecular formula is C34H38F5N3O4. The topological polar surface area (TPSA) is 91.6 Å². The summed E-state index contributed by atoms with van der Waals surface area (Å²) in [4.78, 5) is 40.8. The average Bonchev–Trinajstić information content (AvgIpc) is 2.94. The number of rotatable bonds is 12. The van der Waals surface area contributed by atoms with Crippen LogP contribution in [0.4, 0.5) is 22.0 Å². The first-order valence-electron chi connectivity index (χ1n) is 15.2. The highest BCUT2D eigenvalue weighted by molar-refractivity contribution is 5.82. The smallest absolute Gasteiger partial charge is 0.416 e. The molecule has 0 saturated carbocycles. The highest BCUT2D eigenvalue weighted by Crippen LogP contribution is 2.35. The average molecular weight is 648 g/mol. The number of carbonyl (C=O) groups is 2. The molecule has 0 aliphatic carbocycles. The van der Waals surface area contributed by atoms with Crippen molar-refractivity contribution in [3.8, 4) is 11.1 Å². The van der Waals surface area contributed by atoms with Crippen LogP contribution in [-0.2, 0) is 22.2 Å². The maximum Gasteiger partial charge on any atom is 0.416 e. The lowest BCUT2D eigenvalue weighted by Gasteiger charge is -2.31. The number of carbonyl (C=O) groups excluding carboxylic acids is 1. The molecule has 248 valence electrons. The van der Waals surface area contributed by atoms with E-state index in [0.717, 1.165) is 30.3 Å². The molecule has 1 saturated heterocycles. The Kier molecular flexibility index (Phi) is 10.7. The zero-order chi connectivity index (χ0) is 33.9. The number of benzene rings is 2. The number of hydrogen-bond acceptors (Lipinski definition) is 4. The van der Waals surface area contributed by atoms with Crippen molar-refractivity contribution < 1.29 is 36.6 Å². The van der Waals surface area contributed by atoms with E-state index in [1.165, 1.54) is 25.1 Å². The molecule has 1 fully saturated rings. The fourth-order valence-electron chi connectivity index (χ4n) is 5.99. The molecule has 7 nitrogen and oxygen atoms in total. The lowest BCUT2D eigenvalue weighted by Crippen LogP contribution is -2.41. The van der Waals surface area contributed by atoms with E-state index >= 15 is 4.39 Å². The summed E-state index contributed by atoms with van der Waals surface area (Å²) in [7, 11) is 0. The summed E-state index contributed by atoms with van der Waals surface area (Å²) in [6.07, 6.45) is -3.08. The zero-order valence-electron chi connectivity index (χ0n) is 26.2. The monoisotopic (exact) mass is 647 g/mol. The van der Waals surface area contributed by atoms with Gasteiger partial charge in [0, 0.05) is 24.4 Å². The Hall–Kier alpha value is -4.06. The minimum Gasteiger partial charge on any atom is -0.481 e. The molecule has 1 amide bonds. The van der Waals surface area contributed by atoms with E-state index in [9.17, 15) is 37.1 Å². The van der Waals surface area contributed by atoms with Crippen LogP contribution >= 0.6 is 0 Å². The van der Waals surface area contributed by atoms with Crippen molar-refractivity contribution in [3.63, 3.8) is 0 Å². The molecule has 46 heavy (non-hydrogen) atoms. The van der Waals surface area contributed by atoms with Crippen molar-refractivity contribution in [1.82, 2.24) is 14.8 Å². The Morgan fingerprint density at radius 2 is 1.74 bits per heavy atom. The quantitative estimate of drug-likeness (QED) is 0.215. The van der Waals surface area contributed by atoms with Crippen LogP contribution in [0.3, 0.4) is 0 Å². The van der Waals surface area contributed by atoms with Crippen LogP contribution in [0.1, 0.15) is 78.1 Å². The summed E-state index contributed by atoms with van der Waals surface area (Å²) in [6, 6.07) is 3.56. The Bertz CT molecular complexity index is 1680. The van der Waals surface area contributed by atoms with Gasteiger partial charge in [0.15, 0.2) is 0 Å². The van der Waals surface area contributed by atoms with Crippen LogP contribution < -0.4 is 10.9 Å². The molecule has 1 aliphatic heterocycles. The minimum atomic E-state index is -4.78. The van der Waals surface area contributed by atoms with Gasteiger partial charge in [-0.1, -0.05) is 19.4 Å². The van der Waals surface area contributed by atoms with Crippen LogP contribution in [0.25, 0.3) is 11.1 Å². The van der Waals surface area contributed by atoms with E-state index in [4.69, 9.17) is 0 Å². The highest BCUT2D eigenvalue weighted by atomic mass is 19.4. The first-order valence-corrected chi connectivity index (χ1v) is 15.2. The molecule has 2 N–H and O–H groups in total. The fourth-order valence-corrected chi connectivity index (χ4v) is 5.99. The van der Waals surface area contributed by atoms with Crippen molar-refractivity contribution in [2.45, 2.75) is 78.1 Å². The van der Waals surface area contributed by atoms with Crippen LogP contribution in [0.15, 0.2) is 41.3 Å². The van der Waals surface area contributed by atoms with E-state index in [1.807, 2.05) is 4.90 Å². The molecule has 1 aromatic heterocycles. The second-order valence-corrected chi connectivity index (χ2v) is 11.9. The molecule has 2 atom stereocenters. The van der Waals surface area contributed by atoms with Gasteiger partial charge in [0.05, 0.1) is 18.0 Å². The zero-order valence-corrected chi connectivity index (χ0v) is 26.2. The summed E-state index contributed by atoms with van der Waals surface area (Å²) in [5.41, 5.74) is -0.329. The van der Waals surface area contributed by atoms with Crippen molar-refractivity contribution in [3.05, 3.63) is 91.9 Å². The number of hydrogen-bond donors (Lipinski definition) is 2. The first-order chi connectivity index (χ1) is 21.6. The molecule has 0 spiro atoms. The van der Waals surface area contributed by atoms with Gasteiger partial charge < -0.3 is 19.9 Å². The molecule has 2 aromatic carbocycles. The number of aromatic nitrogens is 1. The molecule has 2 heterocycles. The number of pyridine rings is 1. The third-order valence-corrected chi connectivity index (χ3v) is 8.56. The maximum absolute atomic E-state index is 15.7. The Morgan fingerprint density at radius 1 is 1.04 bits per heavy atom. The number of aryl methyl sites for hydroxylation is 2. The number of likely N-dealkylation sites (tertiary alicyclic amines) is 1. The van der Waals surface area contributed by atoms with E-state index in [-0.39, 0.29) is 29.5 Å². The summed E-state index contributed by atoms with van der Waals surface area (Å²) in [5, 5.41) is 12.3. The van der Waals surface area contributed by atoms with Gasteiger partial charge in [-0.05, 0) is 105 Å². The summed E-state index contributed by atoms with van der Waals surface area (Å²) >= 11 is 0. The van der Waals surface area contributed by atoms with Crippen molar-refractivity contribution in [2.75, 3.05) is 19.6 Å². The summed E-state index contributed by atoms with van der Waals surface area (Å²) in [6.45, 7) is 8.41. The number of alkyl halides is 3. The number of carboxylic acids is 1. The van der Waals surface area contributed by atoms with Crippen molar-refractivity contribution in [1.29, 1.82) is 0 Å². The van der Waals surface area contributed by atoms with Gasteiger partial charge >= 0.3 is 12.1 Å². The summed E-state index contributed by atoms with van der Waals surface area (Å²) < 4.78 is 72.9. The van der Waals surface area contributed by atoms with Crippen LogP contribution in [0.5, 0.6) is 0 Å². The molecule has 12 heteroatoms. The number of amides is 1.